The van der Waals surface area contributed by atoms with Gasteiger partial charge < -0.3 is 5.32 Å². The summed E-state index contributed by atoms with van der Waals surface area (Å²) < 4.78 is 25.3. The van der Waals surface area contributed by atoms with Gasteiger partial charge in [0.05, 0.1) is 21.7 Å². The molecular weight excluding hydrogens is 356 g/mol. The van der Waals surface area contributed by atoms with Crippen LogP contribution in [-0.4, -0.2) is 25.1 Å². The van der Waals surface area contributed by atoms with Crippen LogP contribution in [0.15, 0.2) is 48.5 Å². The SMILES string of the molecule is Cc1cccc2sc(NC(=O)CCS(=O)(=O)Cc3ccccc3)nc12. The van der Waals surface area contributed by atoms with Crippen LogP contribution in [0.4, 0.5) is 5.13 Å². The van der Waals surface area contributed by atoms with E-state index < -0.39 is 9.84 Å². The van der Waals surface area contributed by atoms with E-state index in [1.165, 1.54) is 11.3 Å². The third-order valence-corrected chi connectivity index (χ3v) is 6.27. The van der Waals surface area contributed by atoms with Gasteiger partial charge in [0.2, 0.25) is 5.91 Å². The molecule has 0 fully saturated rings. The van der Waals surface area contributed by atoms with Crippen molar-refractivity contribution in [3.63, 3.8) is 0 Å². The Balaban J connectivity index is 1.59. The fourth-order valence-corrected chi connectivity index (χ4v) is 4.77. The number of rotatable bonds is 6. The fraction of sp³-hybridized carbons (Fsp3) is 0.222. The molecule has 0 radical (unpaired) electrons. The number of carbonyl (C=O) groups is 1. The molecule has 0 bridgehead atoms. The number of sulfone groups is 1. The molecule has 0 saturated carbocycles. The van der Waals surface area contributed by atoms with Crippen molar-refractivity contribution in [2.45, 2.75) is 19.1 Å². The first-order valence-electron chi connectivity index (χ1n) is 7.83. The van der Waals surface area contributed by atoms with Gasteiger partial charge in [-0.2, -0.15) is 0 Å². The van der Waals surface area contributed by atoms with Crippen molar-refractivity contribution in [1.82, 2.24) is 4.98 Å². The van der Waals surface area contributed by atoms with Crippen molar-refractivity contribution in [3.05, 3.63) is 59.7 Å². The van der Waals surface area contributed by atoms with Crippen molar-refractivity contribution in [2.75, 3.05) is 11.1 Å². The number of amides is 1. The lowest BCUT2D eigenvalue weighted by Crippen LogP contribution is -2.18. The standard InChI is InChI=1S/C18H18N2O3S2/c1-13-6-5-9-15-17(13)20-18(24-15)19-16(21)10-11-25(22,23)12-14-7-3-2-4-8-14/h2-9H,10-12H2,1H3,(H,19,20,21). The number of hydrogen-bond donors (Lipinski definition) is 1. The average molecular weight is 374 g/mol. The lowest BCUT2D eigenvalue weighted by molar-refractivity contribution is -0.115. The van der Waals surface area contributed by atoms with Crippen LogP contribution in [0.1, 0.15) is 17.5 Å². The molecule has 1 N–H and O–H groups in total. The summed E-state index contributed by atoms with van der Waals surface area (Å²) in [5, 5.41) is 3.19. The van der Waals surface area contributed by atoms with E-state index in [0.717, 1.165) is 21.3 Å². The summed E-state index contributed by atoms with van der Waals surface area (Å²) in [6, 6.07) is 14.8. The minimum atomic E-state index is -3.33. The number of para-hydroxylation sites is 1. The van der Waals surface area contributed by atoms with E-state index in [4.69, 9.17) is 0 Å². The van der Waals surface area contributed by atoms with Crippen molar-refractivity contribution in [1.29, 1.82) is 0 Å². The van der Waals surface area contributed by atoms with Gasteiger partial charge in [-0.25, -0.2) is 13.4 Å². The topological polar surface area (TPSA) is 76.1 Å². The summed E-state index contributed by atoms with van der Waals surface area (Å²) in [4.78, 5) is 16.5. The molecule has 130 valence electrons. The maximum absolute atomic E-state index is 12.1. The third kappa shape index (κ3) is 4.64. The van der Waals surface area contributed by atoms with Gasteiger partial charge in [0.25, 0.3) is 0 Å². The maximum atomic E-state index is 12.1. The lowest BCUT2D eigenvalue weighted by atomic mass is 10.2. The summed E-state index contributed by atoms with van der Waals surface area (Å²) in [5.74, 6) is -0.576. The number of anilines is 1. The van der Waals surface area contributed by atoms with Crippen molar-refractivity contribution < 1.29 is 13.2 Å². The molecule has 3 rings (SSSR count). The molecule has 0 aliphatic heterocycles. The van der Waals surface area contributed by atoms with Crippen LogP contribution in [0.3, 0.4) is 0 Å². The Hall–Kier alpha value is -2.25. The van der Waals surface area contributed by atoms with Gasteiger partial charge in [-0.3, -0.25) is 4.79 Å². The van der Waals surface area contributed by atoms with Gasteiger partial charge in [0.1, 0.15) is 0 Å². The zero-order chi connectivity index (χ0) is 17.9. The molecule has 0 atom stereocenters. The van der Waals surface area contributed by atoms with E-state index in [2.05, 4.69) is 10.3 Å². The molecule has 0 aliphatic carbocycles. The first-order valence-corrected chi connectivity index (χ1v) is 10.5. The molecule has 0 saturated heterocycles. The Labute approximate surface area is 150 Å². The van der Waals surface area contributed by atoms with Crippen LogP contribution < -0.4 is 5.32 Å². The number of aryl methyl sites for hydroxylation is 1. The Bertz CT molecular complexity index is 996. The van der Waals surface area contributed by atoms with Crippen LogP contribution in [0.2, 0.25) is 0 Å². The van der Waals surface area contributed by atoms with Crippen LogP contribution in [0.5, 0.6) is 0 Å². The summed E-state index contributed by atoms with van der Waals surface area (Å²) >= 11 is 1.38. The van der Waals surface area contributed by atoms with Crippen molar-refractivity contribution in [3.8, 4) is 0 Å². The minimum Gasteiger partial charge on any atom is -0.302 e. The van der Waals surface area contributed by atoms with Crippen molar-refractivity contribution in [2.24, 2.45) is 0 Å². The molecule has 1 aromatic heterocycles. The third-order valence-electron chi connectivity index (χ3n) is 3.74. The van der Waals surface area contributed by atoms with Gasteiger partial charge in [-0.1, -0.05) is 53.8 Å². The molecule has 0 spiro atoms. The van der Waals surface area contributed by atoms with E-state index >= 15 is 0 Å². The van der Waals surface area contributed by atoms with Gasteiger partial charge in [0.15, 0.2) is 15.0 Å². The van der Waals surface area contributed by atoms with E-state index in [1.54, 1.807) is 24.3 Å². The fourth-order valence-electron chi connectivity index (χ4n) is 2.47. The predicted octanol–water partition coefficient (Wildman–Crippen LogP) is 3.55. The van der Waals surface area contributed by atoms with Crippen molar-refractivity contribution >= 4 is 42.4 Å². The zero-order valence-electron chi connectivity index (χ0n) is 13.7. The highest BCUT2D eigenvalue weighted by molar-refractivity contribution is 7.90. The molecule has 0 aliphatic rings. The lowest BCUT2D eigenvalue weighted by Gasteiger charge is -2.04. The number of nitrogens with zero attached hydrogens (tertiary/aromatic N) is 1. The number of fused-ring (bicyclic) bond motifs is 1. The first kappa shape index (κ1) is 17.6. The number of aromatic nitrogens is 1. The Morgan fingerprint density at radius 2 is 1.88 bits per heavy atom. The van der Waals surface area contributed by atoms with Gasteiger partial charge in [-0.15, -0.1) is 0 Å². The molecule has 2 aromatic carbocycles. The van der Waals surface area contributed by atoms with E-state index in [0.29, 0.717) is 5.13 Å². The molecule has 3 aromatic rings. The summed E-state index contributed by atoms with van der Waals surface area (Å²) in [6.45, 7) is 1.96. The summed E-state index contributed by atoms with van der Waals surface area (Å²) in [6.07, 6.45) is -0.0793. The predicted molar refractivity (Wildman–Crippen MR) is 102 cm³/mol. The summed E-state index contributed by atoms with van der Waals surface area (Å²) in [7, 11) is -3.33. The quantitative estimate of drug-likeness (QED) is 0.716. The number of nitrogens with one attached hydrogen (secondary N) is 1. The molecule has 1 amide bonds. The van der Waals surface area contributed by atoms with Gasteiger partial charge >= 0.3 is 0 Å². The molecule has 25 heavy (non-hydrogen) atoms. The first-order chi connectivity index (χ1) is 11.9. The normalized spacial score (nSPS) is 11.6. The number of thiazole rings is 1. The van der Waals surface area contributed by atoms with Crippen LogP contribution in [0, 0.1) is 6.92 Å². The number of hydrogen-bond acceptors (Lipinski definition) is 5. The molecule has 0 unspecified atom stereocenters. The highest BCUT2D eigenvalue weighted by atomic mass is 32.2. The van der Waals surface area contributed by atoms with Crippen LogP contribution in [-0.2, 0) is 20.4 Å². The maximum Gasteiger partial charge on any atom is 0.227 e. The second kappa shape index (κ2) is 7.33. The van der Waals surface area contributed by atoms with E-state index in [-0.39, 0.29) is 23.8 Å². The smallest absolute Gasteiger partial charge is 0.227 e. The average Bonchev–Trinajstić information content (AvgIpc) is 2.98. The van der Waals surface area contributed by atoms with Crippen LogP contribution in [0.25, 0.3) is 10.2 Å². The molecular formula is C18H18N2O3S2. The minimum absolute atomic E-state index is 0.0541. The Morgan fingerprint density at radius 1 is 1.12 bits per heavy atom. The van der Waals surface area contributed by atoms with E-state index in [1.807, 2.05) is 31.2 Å². The van der Waals surface area contributed by atoms with Gasteiger partial charge in [0, 0.05) is 6.42 Å². The zero-order valence-corrected chi connectivity index (χ0v) is 15.4. The number of carbonyl (C=O) groups excluding carboxylic acids is 1. The number of benzene rings is 2. The second-order valence-corrected chi connectivity index (χ2v) is 9.03. The summed E-state index contributed by atoms with van der Waals surface area (Å²) in [5.41, 5.74) is 2.63. The molecule has 5 nitrogen and oxygen atoms in total. The Morgan fingerprint density at radius 3 is 2.60 bits per heavy atom. The largest absolute Gasteiger partial charge is 0.302 e. The molecule has 1 heterocycles. The monoisotopic (exact) mass is 374 g/mol. The van der Waals surface area contributed by atoms with Crippen LogP contribution >= 0.6 is 11.3 Å². The second-order valence-electron chi connectivity index (χ2n) is 5.82. The Kier molecular flexibility index (Phi) is 5.15. The molecule has 7 heteroatoms. The highest BCUT2D eigenvalue weighted by Gasteiger charge is 2.16. The van der Waals surface area contributed by atoms with E-state index in [9.17, 15) is 13.2 Å². The highest BCUT2D eigenvalue weighted by Crippen LogP contribution is 2.27. The van der Waals surface area contributed by atoms with Gasteiger partial charge in [-0.05, 0) is 24.1 Å².